The molecule has 0 fully saturated rings. The summed E-state index contributed by atoms with van der Waals surface area (Å²) in [6, 6.07) is 6.18. The molecule has 0 bridgehead atoms. The first-order chi connectivity index (χ1) is 8.81. The minimum absolute atomic E-state index is 0.291. The molecule has 0 amide bonds. The molecule has 5 heteroatoms. The van der Waals surface area contributed by atoms with Gasteiger partial charge in [0.05, 0.1) is 10.5 Å². The Labute approximate surface area is 115 Å². The molecule has 1 aliphatic heterocycles. The van der Waals surface area contributed by atoms with Crippen LogP contribution in [-0.4, -0.2) is 13.3 Å². The molecular formula is C13H15BrN2O2. The summed E-state index contributed by atoms with van der Waals surface area (Å²) < 4.78 is 11.6. The number of fused-ring (bicyclic) bond motifs is 1. The summed E-state index contributed by atoms with van der Waals surface area (Å²) in [7, 11) is 0. The van der Waals surface area contributed by atoms with Crippen LogP contribution >= 0.6 is 15.9 Å². The molecule has 0 radical (unpaired) electrons. The lowest BCUT2D eigenvalue weighted by molar-refractivity contribution is 0.173. The highest BCUT2D eigenvalue weighted by Crippen LogP contribution is 2.39. The van der Waals surface area contributed by atoms with Crippen LogP contribution in [-0.2, 0) is 6.54 Å². The second-order valence-corrected chi connectivity index (χ2v) is 4.96. The summed E-state index contributed by atoms with van der Waals surface area (Å²) >= 11 is 3.47. The third-order valence-electron chi connectivity index (χ3n) is 2.71. The molecule has 18 heavy (non-hydrogen) atoms. The zero-order valence-electron chi connectivity index (χ0n) is 10.0. The van der Waals surface area contributed by atoms with Crippen molar-refractivity contribution in [2.24, 2.45) is 0 Å². The van der Waals surface area contributed by atoms with E-state index in [4.69, 9.17) is 14.7 Å². The van der Waals surface area contributed by atoms with Crippen LogP contribution in [0.4, 0.5) is 0 Å². The highest BCUT2D eigenvalue weighted by molar-refractivity contribution is 9.10. The van der Waals surface area contributed by atoms with Crippen LogP contribution in [0, 0.1) is 11.3 Å². The Morgan fingerprint density at radius 3 is 3.06 bits per heavy atom. The van der Waals surface area contributed by atoms with Gasteiger partial charge in [-0.3, -0.25) is 0 Å². The zero-order valence-corrected chi connectivity index (χ0v) is 11.6. The predicted octanol–water partition coefficient (Wildman–Crippen LogP) is 2.96. The van der Waals surface area contributed by atoms with Crippen molar-refractivity contribution in [3.8, 4) is 17.6 Å². The van der Waals surface area contributed by atoms with E-state index in [9.17, 15) is 0 Å². The van der Waals surface area contributed by atoms with Gasteiger partial charge in [0, 0.05) is 13.0 Å². The van der Waals surface area contributed by atoms with Crippen molar-refractivity contribution >= 4 is 15.9 Å². The first kappa shape index (κ1) is 13.2. The molecule has 0 aliphatic carbocycles. The summed E-state index contributed by atoms with van der Waals surface area (Å²) in [4.78, 5) is 0. The molecule has 1 N–H and O–H groups in total. The van der Waals surface area contributed by atoms with E-state index in [0.717, 1.165) is 47.5 Å². The van der Waals surface area contributed by atoms with Gasteiger partial charge in [0.15, 0.2) is 11.5 Å². The van der Waals surface area contributed by atoms with Crippen LogP contribution in [0.3, 0.4) is 0 Å². The molecule has 1 heterocycles. The zero-order chi connectivity index (χ0) is 12.8. The van der Waals surface area contributed by atoms with Crippen molar-refractivity contribution in [3.63, 3.8) is 0 Å². The fourth-order valence-corrected chi connectivity index (χ4v) is 2.41. The summed E-state index contributed by atoms with van der Waals surface area (Å²) in [6.07, 6.45) is 2.62. The number of benzene rings is 1. The van der Waals surface area contributed by atoms with Crippen molar-refractivity contribution in [3.05, 3.63) is 22.2 Å². The number of nitriles is 1. The quantitative estimate of drug-likeness (QED) is 0.821. The van der Waals surface area contributed by atoms with Crippen molar-refractivity contribution < 1.29 is 9.47 Å². The molecule has 1 aromatic rings. The molecule has 0 unspecified atom stereocenters. The molecule has 2 rings (SSSR count). The maximum absolute atomic E-state index is 8.42. The van der Waals surface area contributed by atoms with Crippen LogP contribution in [0.25, 0.3) is 0 Å². The maximum atomic E-state index is 8.42. The van der Waals surface area contributed by atoms with Gasteiger partial charge in [-0.05, 0) is 53.0 Å². The van der Waals surface area contributed by atoms with Gasteiger partial charge in [-0.25, -0.2) is 0 Å². The van der Waals surface area contributed by atoms with E-state index in [1.807, 2.05) is 12.1 Å². The van der Waals surface area contributed by atoms with Gasteiger partial charge in [0.25, 0.3) is 0 Å². The molecule has 1 aliphatic rings. The van der Waals surface area contributed by atoms with Crippen LogP contribution in [0.2, 0.25) is 0 Å². The lowest BCUT2D eigenvalue weighted by Crippen LogP contribution is -2.14. The van der Waals surface area contributed by atoms with Crippen LogP contribution < -0.4 is 14.8 Å². The Kier molecular flexibility index (Phi) is 4.85. The van der Waals surface area contributed by atoms with Gasteiger partial charge in [-0.1, -0.05) is 0 Å². The van der Waals surface area contributed by atoms with Crippen molar-refractivity contribution in [2.45, 2.75) is 25.8 Å². The number of hydrogen-bond acceptors (Lipinski definition) is 4. The Morgan fingerprint density at radius 1 is 1.33 bits per heavy atom. The Balaban J connectivity index is 1.80. The number of hydrogen-bond donors (Lipinski definition) is 1. The molecule has 4 nitrogen and oxygen atoms in total. The number of rotatable bonds is 6. The number of unbranched alkanes of at least 4 members (excludes halogenated alkanes) is 2. The average molecular weight is 311 g/mol. The normalized spacial score (nSPS) is 12.4. The van der Waals surface area contributed by atoms with Gasteiger partial charge in [0.1, 0.15) is 0 Å². The summed E-state index contributed by atoms with van der Waals surface area (Å²) in [5, 5.41) is 11.8. The Bertz CT molecular complexity index is 457. The minimum Gasteiger partial charge on any atom is -0.454 e. The average Bonchev–Trinajstić information content (AvgIpc) is 2.82. The molecule has 0 atom stereocenters. The van der Waals surface area contributed by atoms with Crippen molar-refractivity contribution in [2.75, 3.05) is 13.3 Å². The van der Waals surface area contributed by atoms with E-state index in [1.165, 1.54) is 0 Å². The number of nitrogens with one attached hydrogen (secondary N) is 1. The fourth-order valence-electron chi connectivity index (χ4n) is 1.81. The second-order valence-electron chi connectivity index (χ2n) is 4.10. The number of ether oxygens (including phenoxy) is 2. The standard InChI is InChI=1S/C13H15BrN2O2/c14-11-6-10(7-12-13(11)18-9-17-12)8-16-5-3-1-2-4-15/h6-7,16H,1-3,5,8-9H2. The predicted molar refractivity (Wildman–Crippen MR) is 71.4 cm³/mol. The van der Waals surface area contributed by atoms with Gasteiger partial charge in [-0.2, -0.15) is 5.26 Å². The van der Waals surface area contributed by atoms with E-state index >= 15 is 0 Å². The summed E-state index contributed by atoms with van der Waals surface area (Å²) in [5.41, 5.74) is 1.16. The van der Waals surface area contributed by atoms with Gasteiger partial charge >= 0.3 is 0 Å². The first-order valence-electron chi connectivity index (χ1n) is 5.97. The highest BCUT2D eigenvalue weighted by atomic mass is 79.9. The van der Waals surface area contributed by atoms with Gasteiger partial charge in [0.2, 0.25) is 6.79 Å². The number of halogens is 1. The molecule has 96 valence electrons. The third-order valence-corrected chi connectivity index (χ3v) is 3.30. The minimum atomic E-state index is 0.291. The summed E-state index contributed by atoms with van der Waals surface area (Å²) in [6.45, 7) is 2.01. The second kappa shape index (κ2) is 6.62. The molecule has 0 saturated carbocycles. The molecule has 1 aromatic carbocycles. The third kappa shape index (κ3) is 3.37. The SMILES string of the molecule is N#CCCCCNCc1cc(Br)c2c(c1)OCO2. The van der Waals surface area contributed by atoms with E-state index < -0.39 is 0 Å². The fraction of sp³-hybridized carbons (Fsp3) is 0.462. The Hall–Kier alpha value is -1.25. The largest absolute Gasteiger partial charge is 0.454 e. The smallest absolute Gasteiger partial charge is 0.231 e. The van der Waals surface area contributed by atoms with E-state index in [0.29, 0.717) is 13.2 Å². The molecular weight excluding hydrogens is 296 g/mol. The summed E-state index contributed by atoms with van der Waals surface area (Å²) in [5.74, 6) is 1.58. The molecule has 0 aromatic heterocycles. The molecule has 0 saturated heterocycles. The van der Waals surface area contributed by atoms with E-state index in [2.05, 4.69) is 27.3 Å². The van der Waals surface area contributed by atoms with Crippen LogP contribution in [0.15, 0.2) is 16.6 Å². The topological polar surface area (TPSA) is 54.3 Å². The van der Waals surface area contributed by atoms with Crippen LogP contribution in [0.1, 0.15) is 24.8 Å². The van der Waals surface area contributed by atoms with E-state index in [-0.39, 0.29) is 0 Å². The molecule has 0 spiro atoms. The maximum Gasteiger partial charge on any atom is 0.231 e. The lowest BCUT2D eigenvalue weighted by Gasteiger charge is -2.06. The van der Waals surface area contributed by atoms with E-state index in [1.54, 1.807) is 0 Å². The van der Waals surface area contributed by atoms with Crippen LogP contribution in [0.5, 0.6) is 11.5 Å². The van der Waals surface area contributed by atoms with Crippen molar-refractivity contribution in [1.82, 2.24) is 5.32 Å². The highest BCUT2D eigenvalue weighted by Gasteiger charge is 2.17. The monoisotopic (exact) mass is 310 g/mol. The lowest BCUT2D eigenvalue weighted by atomic mass is 10.2. The van der Waals surface area contributed by atoms with Gasteiger partial charge in [-0.15, -0.1) is 0 Å². The Morgan fingerprint density at radius 2 is 2.22 bits per heavy atom. The number of nitrogens with zero attached hydrogens (tertiary/aromatic N) is 1. The first-order valence-corrected chi connectivity index (χ1v) is 6.76. The van der Waals surface area contributed by atoms with Gasteiger partial charge < -0.3 is 14.8 Å². The van der Waals surface area contributed by atoms with Crippen molar-refractivity contribution in [1.29, 1.82) is 5.26 Å².